The van der Waals surface area contributed by atoms with Gasteiger partial charge in [0.1, 0.15) is 5.75 Å². The number of piperazine rings is 1. The first kappa shape index (κ1) is 17.4. The molecule has 1 aromatic heterocycles. The SMILES string of the molecule is CCOc1cccc(C(=O)N2CCN(CCc3ccccn3)CC2)c1. The zero-order valence-corrected chi connectivity index (χ0v) is 14.7. The van der Waals surface area contributed by atoms with E-state index in [2.05, 4.69) is 16.0 Å². The Balaban J connectivity index is 1.50. The van der Waals surface area contributed by atoms with Crippen LogP contribution in [0.1, 0.15) is 23.0 Å². The summed E-state index contributed by atoms with van der Waals surface area (Å²) in [6.45, 7) is 6.87. The summed E-state index contributed by atoms with van der Waals surface area (Å²) in [5, 5.41) is 0. The van der Waals surface area contributed by atoms with Gasteiger partial charge in [-0.05, 0) is 37.3 Å². The highest BCUT2D eigenvalue weighted by molar-refractivity contribution is 5.94. The largest absolute Gasteiger partial charge is 0.494 e. The van der Waals surface area contributed by atoms with Crippen LogP contribution in [0.2, 0.25) is 0 Å². The topological polar surface area (TPSA) is 45.7 Å². The van der Waals surface area contributed by atoms with E-state index in [-0.39, 0.29) is 5.91 Å². The number of pyridine rings is 1. The van der Waals surface area contributed by atoms with Gasteiger partial charge in [-0.25, -0.2) is 0 Å². The van der Waals surface area contributed by atoms with E-state index in [0.717, 1.165) is 50.6 Å². The predicted molar refractivity (Wildman–Crippen MR) is 97.9 cm³/mol. The third-order valence-corrected chi connectivity index (χ3v) is 4.46. The highest BCUT2D eigenvalue weighted by atomic mass is 16.5. The second-order valence-corrected chi connectivity index (χ2v) is 6.17. The second-order valence-electron chi connectivity index (χ2n) is 6.17. The van der Waals surface area contributed by atoms with Gasteiger partial charge in [0.05, 0.1) is 6.61 Å². The maximum absolute atomic E-state index is 12.7. The van der Waals surface area contributed by atoms with Crippen LogP contribution < -0.4 is 4.74 Å². The number of ether oxygens (including phenoxy) is 1. The molecule has 0 saturated carbocycles. The number of hydrogen-bond acceptors (Lipinski definition) is 4. The molecule has 0 spiro atoms. The van der Waals surface area contributed by atoms with Crippen molar-refractivity contribution < 1.29 is 9.53 Å². The van der Waals surface area contributed by atoms with E-state index in [1.165, 1.54) is 0 Å². The lowest BCUT2D eigenvalue weighted by Gasteiger charge is -2.34. The molecule has 3 rings (SSSR count). The van der Waals surface area contributed by atoms with E-state index in [9.17, 15) is 4.79 Å². The Morgan fingerprint density at radius 3 is 2.68 bits per heavy atom. The average molecular weight is 339 g/mol. The Hall–Kier alpha value is -2.40. The summed E-state index contributed by atoms with van der Waals surface area (Å²) < 4.78 is 5.49. The normalized spacial score (nSPS) is 15.2. The predicted octanol–water partition coefficient (Wildman–Crippen LogP) is 2.48. The number of rotatable bonds is 6. The summed E-state index contributed by atoms with van der Waals surface area (Å²) in [5.74, 6) is 0.841. The first-order chi connectivity index (χ1) is 12.3. The van der Waals surface area contributed by atoms with Gasteiger partial charge in [-0.1, -0.05) is 12.1 Å². The molecule has 1 saturated heterocycles. The van der Waals surface area contributed by atoms with Gasteiger partial charge in [-0.15, -0.1) is 0 Å². The highest BCUT2D eigenvalue weighted by Crippen LogP contribution is 2.16. The number of benzene rings is 1. The fourth-order valence-electron chi connectivity index (χ4n) is 3.06. The Morgan fingerprint density at radius 2 is 1.96 bits per heavy atom. The molecule has 5 heteroatoms. The van der Waals surface area contributed by atoms with Crippen LogP contribution in [0.15, 0.2) is 48.7 Å². The van der Waals surface area contributed by atoms with Gasteiger partial charge in [0.15, 0.2) is 0 Å². The Kier molecular flexibility index (Phi) is 6.01. The Bertz CT molecular complexity index is 682. The van der Waals surface area contributed by atoms with Gasteiger partial charge in [0.2, 0.25) is 0 Å². The number of carbonyl (C=O) groups is 1. The molecule has 0 atom stereocenters. The van der Waals surface area contributed by atoms with Crippen LogP contribution in [0.5, 0.6) is 5.75 Å². The number of hydrogen-bond donors (Lipinski definition) is 0. The van der Waals surface area contributed by atoms with Crippen LogP contribution in [0.4, 0.5) is 0 Å². The molecule has 5 nitrogen and oxygen atoms in total. The Morgan fingerprint density at radius 1 is 1.12 bits per heavy atom. The summed E-state index contributed by atoms with van der Waals surface area (Å²) in [6.07, 6.45) is 2.79. The molecule has 1 aromatic carbocycles. The molecule has 1 aliphatic heterocycles. The van der Waals surface area contributed by atoms with Crippen molar-refractivity contribution >= 4 is 5.91 Å². The van der Waals surface area contributed by atoms with E-state index < -0.39 is 0 Å². The van der Waals surface area contributed by atoms with Crippen molar-refractivity contribution in [2.75, 3.05) is 39.3 Å². The van der Waals surface area contributed by atoms with E-state index in [1.54, 1.807) is 0 Å². The van der Waals surface area contributed by atoms with Gasteiger partial charge < -0.3 is 9.64 Å². The lowest BCUT2D eigenvalue weighted by Crippen LogP contribution is -2.49. The van der Waals surface area contributed by atoms with Gasteiger partial charge in [-0.2, -0.15) is 0 Å². The molecule has 1 amide bonds. The summed E-state index contributed by atoms with van der Waals surface area (Å²) in [4.78, 5) is 21.4. The van der Waals surface area contributed by atoms with Crippen molar-refractivity contribution in [1.82, 2.24) is 14.8 Å². The second kappa shape index (κ2) is 8.62. The minimum absolute atomic E-state index is 0.0888. The molecule has 25 heavy (non-hydrogen) atoms. The molecular formula is C20H25N3O2. The summed E-state index contributed by atoms with van der Waals surface area (Å²) in [7, 11) is 0. The quantitative estimate of drug-likeness (QED) is 0.811. The van der Waals surface area contributed by atoms with Crippen LogP contribution >= 0.6 is 0 Å². The van der Waals surface area contributed by atoms with E-state index in [4.69, 9.17) is 4.74 Å². The third kappa shape index (κ3) is 4.79. The fraction of sp³-hybridized carbons (Fsp3) is 0.400. The van der Waals surface area contributed by atoms with Gasteiger partial charge in [0.25, 0.3) is 5.91 Å². The first-order valence-electron chi connectivity index (χ1n) is 8.90. The zero-order valence-electron chi connectivity index (χ0n) is 14.7. The Labute approximate surface area is 149 Å². The summed E-state index contributed by atoms with van der Waals surface area (Å²) >= 11 is 0. The maximum Gasteiger partial charge on any atom is 0.254 e. The molecule has 2 aromatic rings. The van der Waals surface area contributed by atoms with Gasteiger partial charge in [-0.3, -0.25) is 14.7 Å². The molecule has 132 valence electrons. The van der Waals surface area contributed by atoms with Gasteiger partial charge >= 0.3 is 0 Å². The smallest absolute Gasteiger partial charge is 0.254 e. The van der Waals surface area contributed by atoms with E-state index in [1.807, 2.05) is 54.4 Å². The van der Waals surface area contributed by atoms with Crippen molar-refractivity contribution in [3.63, 3.8) is 0 Å². The van der Waals surface area contributed by atoms with Crippen LogP contribution in [0, 0.1) is 0 Å². The lowest BCUT2D eigenvalue weighted by molar-refractivity contribution is 0.0638. The maximum atomic E-state index is 12.7. The van der Waals surface area contributed by atoms with Crippen molar-refractivity contribution in [3.8, 4) is 5.75 Å². The fourth-order valence-corrected chi connectivity index (χ4v) is 3.06. The van der Waals surface area contributed by atoms with Crippen molar-refractivity contribution in [2.24, 2.45) is 0 Å². The molecule has 0 unspecified atom stereocenters. The van der Waals surface area contributed by atoms with Crippen LogP contribution in [0.25, 0.3) is 0 Å². The standard InChI is InChI=1S/C20H25N3O2/c1-2-25-19-8-5-6-17(16-19)20(24)23-14-12-22(13-15-23)11-9-18-7-3-4-10-21-18/h3-8,10,16H,2,9,11-15H2,1H3. The monoisotopic (exact) mass is 339 g/mol. The van der Waals surface area contributed by atoms with E-state index in [0.29, 0.717) is 12.2 Å². The van der Waals surface area contributed by atoms with Gasteiger partial charge in [0, 0.05) is 56.6 Å². The molecule has 0 N–H and O–H groups in total. The average Bonchev–Trinajstić information content (AvgIpc) is 2.67. The van der Waals surface area contributed by atoms with Crippen LogP contribution in [0.3, 0.4) is 0 Å². The lowest BCUT2D eigenvalue weighted by atomic mass is 10.1. The van der Waals surface area contributed by atoms with Crippen LogP contribution in [-0.4, -0.2) is 60.0 Å². The summed E-state index contributed by atoms with van der Waals surface area (Å²) in [6, 6.07) is 13.5. The molecule has 2 heterocycles. The molecule has 0 bridgehead atoms. The number of carbonyl (C=O) groups excluding carboxylic acids is 1. The number of nitrogens with zero attached hydrogens (tertiary/aromatic N) is 3. The number of aromatic nitrogens is 1. The summed E-state index contributed by atoms with van der Waals surface area (Å²) in [5.41, 5.74) is 1.82. The van der Waals surface area contributed by atoms with Crippen molar-refractivity contribution in [3.05, 3.63) is 59.9 Å². The third-order valence-electron chi connectivity index (χ3n) is 4.46. The highest BCUT2D eigenvalue weighted by Gasteiger charge is 2.22. The minimum atomic E-state index is 0.0888. The van der Waals surface area contributed by atoms with Crippen molar-refractivity contribution in [1.29, 1.82) is 0 Å². The van der Waals surface area contributed by atoms with Crippen LogP contribution in [-0.2, 0) is 6.42 Å². The van der Waals surface area contributed by atoms with Crippen molar-refractivity contribution in [2.45, 2.75) is 13.3 Å². The molecule has 1 fully saturated rings. The molecule has 0 aliphatic carbocycles. The molecule has 1 aliphatic rings. The number of amides is 1. The minimum Gasteiger partial charge on any atom is -0.494 e. The zero-order chi connectivity index (χ0) is 17.5. The first-order valence-corrected chi connectivity index (χ1v) is 8.90. The molecular weight excluding hydrogens is 314 g/mol. The van der Waals surface area contributed by atoms with E-state index >= 15 is 0 Å². The molecule has 0 radical (unpaired) electrons.